The molecule has 0 amide bonds. The summed E-state index contributed by atoms with van der Waals surface area (Å²) < 4.78 is 8.93. The molecule has 0 unspecified atom stereocenters. The maximum absolute atomic E-state index is 13.6. The van der Waals surface area contributed by atoms with Gasteiger partial charge in [0.2, 0.25) is 0 Å². The van der Waals surface area contributed by atoms with Gasteiger partial charge in [0.1, 0.15) is 5.75 Å². The van der Waals surface area contributed by atoms with Gasteiger partial charge in [-0.05, 0) is 58.7 Å². The second-order valence-electron chi connectivity index (χ2n) is 10.1. The number of rotatable bonds is 6. The number of aliphatic carboxylic acids is 1. The molecule has 0 bridgehead atoms. The van der Waals surface area contributed by atoms with Crippen LogP contribution in [-0.4, -0.2) is 32.1 Å². The van der Waals surface area contributed by atoms with E-state index in [0.717, 1.165) is 38.7 Å². The number of carbonyl (C=O) groups is 1. The van der Waals surface area contributed by atoms with E-state index in [4.69, 9.17) is 4.74 Å². The lowest BCUT2D eigenvalue weighted by molar-refractivity contribution is -0.144. The molecule has 6 nitrogen and oxygen atoms in total. The van der Waals surface area contributed by atoms with Gasteiger partial charge in [-0.2, -0.15) is 0 Å². The van der Waals surface area contributed by atoms with Crippen LogP contribution in [-0.2, 0) is 23.3 Å². The van der Waals surface area contributed by atoms with E-state index in [1.165, 1.54) is 0 Å². The number of carboxylic acid groups (broad SMARTS) is 1. The van der Waals surface area contributed by atoms with E-state index >= 15 is 0 Å². The number of benzene rings is 4. The quantitative estimate of drug-likeness (QED) is 0.257. The van der Waals surface area contributed by atoms with Crippen molar-refractivity contribution in [1.82, 2.24) is 9.13 Å². The summed E-state index contributed by atoms with van der Waals surface area (Å²) in [6, 6.07) is 27.3. The standard InChI is InChI=1S/C31H27BrN2O4/c1-31(29(35)36,22-13-11-21-16-23(38-2)14-12-20(21)15-22)27-24-9-6-10-26-28(24)34(18-25(27)32)30(37)33(26)17-19-7-4-3-5-8-19/h3-16,25,27H,17-18H2,1-2H3,(H,35,36)/t25-,27-,31-/m0/s1. The first-order valence-electron chi connectivity index (χ1n) is 12.5. The van der Waals surface area contributed by atoms with Crippen LogP contribution in [0.15, 0.2) is 89.7 Å². The first-order chi connectivity index (χ1) is 18.3. The van der Waals surface area contributed by atoms with Crippen LogP contribution in [0.2, 0.25) is 0 Å². The average molecular weight is 571 g/mol. The van der Waals surface area contributed by atoms with Gasteiger partial charge in [0.25, 0.3) is 0 Å². The van der Waals surface area contributed by atoms with Crippen LogP contribution in [0.25, 0.3) is 21.8 Å². The monoisotopic (exact) mass is 570 g/mol. The second kappa shape index (κ2) is 9.17. The number of hydrogen-bond donors (Lipinski definition) is 1. The van der Waals surface area contributed by atoms with Crippen molar-refractivity contribution < 1.29 is 14.6 Å². The Morgan fingerprint density at radius 2 is 1.76 bits per heavy atom. The van der Waals surface area contributed by atoms with Crippen molar-refractivity contribution >= 4 is 43.7 Å². The average Bonchev–Trinajstić information content (AvgIpc) is 3.19. The molecule has 0 saturated heterocycles. The van der Waals surface area contributed by atoms with Gasteiger partial charge in [0, 0.05) is 17.3 Å². The largest absolute Gasteiger partial charge is 0.497 e. The van der Waals surface area contributed by atoms with Crippen LogP contribution >= 0.6 is 15.9 Å². The predicted molar refractivity (Wildman–Crippen MR) is 153 cm³/mol. The third-order valence-electron chi connectivity index (χ3n) is 8.02. The maximum atomic E-state index is 13.6. The van der Waals surface area contributed by atoms with Crippen LogP contribution in [0.3, 0.4) is 0 Å². The molecular weight excluding hydrogens is 544 g/mol. The molecular formula is C31H27BrN2O4. The molecule has 192 valence electrons. The number of methoxy groups -OCH3 is 1. The molecule has 5 aromatic rings. The van der Waals surface area contributed by atoms with E-state index in [1.807, 2.05) is 84.9 Å². The van der Waals surface area contributed by atoms with Crippen molar-refractivity contribution in [2.75, 3.05) is 7.11 Å². The van der Waals surface area contributed by atoms with Crippen LogP contribution < -0.4 is 10.4 Å². The van der Waals surface area contributed by atoms with E-state index < -0.39 is 17.3 Å². The number of alkyl halides is 1. The molecule has 0 fully saturated rings. The molecule has 0 aliphatic carbocycles. The molecule has 6 rings (SSSR count). The highest BCUT2D eigenvalue weighted by Crippen LogP contribution is 2.49. The number of hydrogen-bond acceptors (Lipinski definition) is 3. The van der Waals surface area contributed by atoms with Crippen molar-refractivity contribution in [1.29, 1.82) is 0 Å². The SMILES string of the molecule is COc1ccc2cc([C@](C)(C(=O)O)[C@H]3c4cccc5c4n(c(=O)n5Cc4ccccc4)C[C@@H]3Br)ccc2c1. The number of imidazole rings is 1. The first kappa shape index (κ1) is 24.5. The fourth-order valence-electron chi connectivity index (χ4n) is 6.00. The molecule has 7 heteroatoms. The Morgan fingerprint density at radius 1 is 1.03 bits per heavy atom. The molecule has 1 aliphatic rings. The highest BCUT2D eigenvalue weighted by atomic mass is 79.9. The fourth-order valence-corrected chi connectivity index (χ4v) is 7.10. The minimum atomic E-state index is -1.25. The van der Waals surface area contributed by atoms with Gasteiger partial charge in [0.05, 0.1) is 30.1 Å². The lowest BCUT2D eigenvalue weighted by atomic mass is 9.66. The Hall–Kier alpha value is -3.84. The van der Waals surface area contributed by atoms with Crippen molar-refractivity contribution in [2.45, 2.75) is 36.2 Å². The summed E-state index contributed by atoms with van der Waals surface area (Å²) in [5, 5.41) is 12.7. The van der Waals surface area contributed by atoms with Crippen LogP contribution in [0, 0.1) is 0 Å². The van der Waals surface area contributed by atoms with Crippen LogP contribution in [0.1, 0.15) is 29.5 Å². The van der Waals surface area contributed by atoms with Gasteiger partial charge >= 0.3 is 11.7 Å². The number of para-hydroxylation sites is 1. The minimum absolute atomic E-state index is 0.0871. The van der Waals surface area contributed by atoms with Crippen LogP contribution in [0.5, 0.6) is 5.75 Å². The molecule has 1 aliphatic heterocycles. The summed E-state index contributed by atoms with van der Waals surface area (Å²) in [6.45, 7) is 2.63. The van der Waals surface area contributed by atoms with Gasteiger partial charge < -0.3 is 9.84 Å². The predicted octanol–water partition coefficient (Wildman–Crippen LogP) is 5.92. The van der Waals surface area contributed by atoms with Crippen molar-refractivity contribution in [2.24, 2.45) is 0 Å². The molecule has 1 N–H and O–H groups in total. The lowest BCUT2D eigenvalue weighted by Gasteiger charge is -2.40. The summed E-state index contributed by atoms with van der Waals surface area (Å²) in [4.78, 5) is 26.5. The Kier molecular flexibility index (Phi) is 5.91. The topological polar surface area (TPSA) is 73.5 Å². The summed E-state index contributed by atoms with van der Waals surface area (Å²) >= 11 is 3.82. The zero-order valence-electron chi connectivity index (χ0n) is 21.1. The van der Waals surface area contributed by atoms with Gasteiger partial charge in [-0.1, -0.05) is 76.6 Å². The van der Waals surface area contributed by atoms with Crippen molar-refractivity contribution in [3.05, 3.63) is 112 Å². The Balaban J connectivity index is 1.53. The molecule has 38 heavy (non-hydrogen) atoms. The Labute approximate surface area is 228 Å². The molecule has 0 saturated carbocycles. The van der Waals surface area contributed by atoms with Crippen LogP contribution in [0.4, 0.5) is 0 Å². The smallest absolute Gasteiger partial charge is 0.329 e. The fraction of sp³-hybridized carbons (Fsp3) is 0.226. The zero-order chi connectivity index (χ0) is 26.6. The summed E-state index contributed by atoms with van der Waals surface area (Å²) in [7, 11) is 1.63. The first-order valence-corrected chi connectivity index (χ1v) is 13.5. The normalized spacial score (nSPS) is 18.4. The third kappa shape index (κ3) is 3.68. The van der Waals surface area contributed by atoms with Crippen molar-refractivity contribution in [3.63, 3.8) is 0 Å². The Bertz CT molecular complexity index is 1760. The number of halogens is 1. The zero-order valence-corrected chi connectivity index (χ0v) is 22.7. The summed E-state index contributed by atoms with van der Waals surface area (Å²) in [5.41, 5.74) is 2.91. The number of aromatic nitrogens is 2. The van der Waals surface area contributed by atoms with E-state index in [-0.39, 0.29) is 10.5 Å². The number of nitrogens with zero attached hydrogens (tertiary/aromatic N) is 2. The van der Waals surface area contributed by atoms with E-state index in [9.17, 15) is 14.7 Å². The molecule has 4 aromatic carbocycles. The minimum Gasteiger partial charge on any atom is -0.497 e. The second-order valence-corrected chi connectivity index (χ2v) is 11.3. The van der Waals surface area contributed by atoms with Crippen molar-refractivity contribution in [3.8, 4) is 5.75 Å². The summed E-state index contributed by atoms with van der Waals surface area (Å²) in [6.07, 6.45) is 0. The lowest BCUT2D eigenvalue weighted by Crippen LogP contribution is -2.46. The number of fused-ring (bicyclic) bond motifs is 1. The van der Waals surface area contributed by atoms with E-state index in [2.05, 4.69) is 15.9 Å². The molecule has 0 spiro atoms. The summed E-state index contributed by atoms with van der Waals surface area (Å²) in [5.74, 6) is -0.564. The van der Waals surface area contributed by atoms with E-state index in [1.54, 1.807) is 23.2 Å². The third-order valence-corrected chi connectivity index (χ3v) is 8.84. The van der Waals surface area contributed by atoms with Gasteiger partial charge in [-0.15, -0.1) is 0 Å². The molecule has 0 radical (unpaired) electrons. The molecule has 1 aromatic heterocycles. The molecule has 2 heterocycles. The highest BCUT2D eigenvalue weighted by molar-refractivity contribution is 9.09. The van der Waals surface area contributed by atoms with Gasteiger partial charge in [-0.3, -0.25) is 13.9 Å². The molecule has 3 atom stereocenters. The van der Waals surface area contributed by atoms with Gasteiger partial charge in [0.15, 0.2) is 0 Å². The number of carboxylic acids is 1. The Morgan fingerprint density at radius 3 is 2.50 bits per heavy atom. The van der Waals surface area contributed by atoms with E-state index in [0.29, 0.717) is 18.7 Å². The number of ether oxygens (including phenoxy) is 1. The maximum Gasteiger partial charge on any atom is 0.329 e. The highest BCUT2D eigenvalue weighted by Gasteiger charge is 2.50. The van der Waals surface area contributed by atoms with Gasteiger partial charge in [-0.25, -0.2) is 4.79 Å².